The number of hydrogen-bond acceptors (Lipinski definition) is 6. The fourth-order valence-corrected chi connectivity index (χ4v) is 5.66. The normalized spacial score (nSPS) is 22.0. The molecule has 0 saturated carbocycles. The molecular weight excluding hydrogens is 390 g/mol. The number of Topliss-reactive ketones (excluding diaryl/α,β-unsaturated/α-hetero) is 1. The number of aryl methyl sites for hydroxylation is 1. The second-order valence-electron chi connectivity index (χ2n) is 7.51. The lowest BCUT2D eigenvalue weighted by Gasteiger charge is -2.18. The van der Waals surface area contributed by atoms with Crippen LogP contribution >= 0.6 is 0 Å². The first kappa shape index (κ1) is 18.1. The van der Waals surface area contributed by atoms with E-state index in [1.165, 1.54) is 0 Å². The maximum absolute atomic E-state index is 12.7. The van der Waals surface area contributed by atoms with Gasteiger partial charge in [-0.2, -0.15) is 5.10 Å². The Morgan fingerprint density at radius 3 is 2.90 bits per heavy atom. The van der Waals surface area contributed by atoms with Crippen molar-refractivity contribution in [3.8, 4) is 5.75 Å². The van der Waals surface area contributed by atoms with Crippen LogP contribution in [0.3, 0.4) is 0 Å². The van der Waals surface area contributed by atoms with Crippen molar-refractivity contribution < 1.29 is 17.9 Å². The third-order valence-corrected chi connectivity index (χ3v) is 7.20. The van der Waals surface area contributed by atoms with Crippen molar-refractivity contribution in [2.24, 2.45) is 0 Å². The Bertz CT molecular complexity index is 1290. The SMILES string of the molecule is Cc1nn(C2CCS(=O)(=O)C2)c2ncc(C=C3COc4ccccc4C3=O)cc12. The van der Waals surface area contributed by atoms with E-state index in [1.54, 1.807) is 29.1 Å². The number of carbonyl (C=O) groups is 1. The van der Waals surface area contributed by atoms with E-state index >= 15 is 0 Å². The summed E-state index contributed by atoms with van der Waals surface area (Å²) in [4.78, 5) is 17.3. The van der Waals surface area contributed by atoms with Gasteiger partial charge < -0.3 is 4.74 Å². The zero-order valence-corrected chi connectivity index (χ0v) is 16.6. The van der Waals surface area contributed by atoms with Gasteiger partial charge in [-0.25, -0.2) is 18.1 Å². The number of sulfone groups is 1. The second kappa shape index (κ2) is 6.52. The molecule has 1 atom stereocenters. The van der Waals surface area contributed by atoms with Crippen LogP contribution in [0.25, 0.3) is 17.1 Å². The van der Waals surface area contributed by atoms with E-state index in [-0.39, 0.29) is 29.9 Å². The first-order chi connectivity index (χ1) is 13.9. The molecule has 7 nitrogen and oxygen atoms in total. The van der Waals surface area contributed by atoms with Crippen molar-refractivity contribution in [1.82, 2.24) is 14.8 Å². The summed E-state index contributed by atoms with van der Waals surface area (Å²) in [5.74, 6) is 0.843. The van der Waals surface area contributed by atoms with Crippen LogP contribution in [0.15, 0.2) is 42.1 Å². The van der Waals surface area contributed by atoms with Gasteiger partial charge in [0, 0.05) is 17.2 Å². The lowest BCUT2D eigenvalue weighted by Crippen LogP contribution is -2.18. The van der Waals surface area contributed by atoms with Gasteiger partial charge in [0.05, 0.1) is 28.8 Å². The standard InChI is InChI=1S/C21H19N3O4S/c1-13-18-9-14(8-15-11-28-19-5-3-2-4-17(19)20(15)25)10-22-21(18)24(23-13)16-6-7-29(26,27)12-16/h2-5,8-10,16H,6-7,11-12H2,1H3. The summed E-state index contributed by atoms with van der Waals surface area (Å²) in [6.07, 6.45) is 4.03. The summed E-state index contributed by atoms with van der Waals surface area (Å²) in [7, 11) is -3.01. The highest BCUT2D eigenvalue weighted by molar-refractivity contribution is 7.91. The lowest BCUT2D eigenvalue weighted by molar-refractivity contribution is 0.100. The highest BCUT2D eigenvalue weighted by Gasteiger charge is 2.31. The number of nitrogens with zero attached hydrogens (tertiary/aromatic N) is 3. The Morgan fingerprint density at radius 2 is 2.10 bits per heavy atom. The van der Waals surface area contributed by atoms with Gasteiger partial charge in [0.2, 0.25) is 0 Å². The average molecular weight is 409 g/mol. The van der Waals surface area contributed by atoms with Gasteiger partial charge in [-0.1, -0.05) is 12.1 Å². The van der Waals surface area contributed by atoms with E-state index in [1.807, 2.05) is 25.1 Å². The number of hydrogen-bond donors (Lipinski definition) is 0. The van der Waals surface area contributed by atoms with Gasteiger partial charge in [-0.15, -0.1) is 0 Å². The van der Waals surface area contributed by atoms with E-state index in [4.69, 9.17) is 4.74 Å². The molecule has 1 saturated heterocycles. The van der Waals surface area contributed by atoms with Crippen LogP contribution in [-0.4, -0.2) is 47.1 Å². The number of ketones is 1. The van der Waals surface area contributed by atoms with Crippen LogP contribution in [0.5, 0.6) is 5.75 Å². The third-order valence-electron chi connectivity index (χ3n) is 5.45. The Balaban J connectivity index is 1.51. The van der Waals surface area contributed by atoms with Crippen molar-refractivity contribution in [3.05, 3.63) is 58.9 Å². The quantitative estimate of drug-likeness (QED) is 0.605. The molecule has 1 fully saturated rings. The smallest absolute Gasteiger partial charge is 0.196 e. The number of carbonyl (C=O) groups excluding carboxylic acids is 1. The summed E-state index contributed by atoms with van der Waals surface area (Å²) in [6.45, 7) is 2.10. The average Bonchev–Trinajstić information content (AvgIpc) is 3.23. The monoisotopic (exact) mass is 409 g/mol. The van der Waals surface area contributed by atoms with Crippen LogP contribution in [0.4, 0.5) is 0 Å². The molecule has 5 rings (SSSR count). The van der Waals surface area contributed by atoms with Crippen LogP contribution in [0.1, 0.15) is 34.1 Å². The Kier molecular flexibility index (Phi) is 4.06. The van der Waals surface area contributed by atoms with Gasteiger partial charge in [-0.3, -0.25) is 4.79 Å². The first-order valence-electron chi connectivity index (χ1n) is 9.44. The number of fused-ring (bicyclic) bond motifs is 2. The van der Waals surface area contributed by atoms with E-state index in [9.17, 15) is 13.2 Å². The maximum atomic E-state index is 12.7. The summed E-state index contributed by atoms with van der Waals surface area (Å²) >= 11 is 0. The van der Waals surface area contributed by atoms with Crippen molar-refractivity contribution in [3.63, 3.8) is 0 Å². The minimum atomic E-state index is -3.01. The van der Waals surface area contributed by atoms with Gasteiger partial charge >= 0.3 is 0 Å². The predicted molar refractivity (Wildman–Crippen MR) is 109 cm³/mol. The van der Waals surface area contributed by atoms with Gasteiger partial charge in [0.1, 0.15) is 12.4 Å². The van der Waals surface area contributed by atoms with Gasteiger partial charge in [0.25, 0.3) is 0 Å². The van der Waals surface area contributed by atoms with E-state index in [2.05, 4.69) is 10.1 Å². The van der Waals surface area contributed by atoms with Gasteiger partial charge in [-0.05, 0) is 43.2 Å². The molecule has 0 bridgehead atoms. The highest BCUT2D eigenvalue weighted by atomic mass is 32.2. The van der Waals surface area contributed by atoms with E-state index < -0.39 is 9.84 Å². The molecule has 0 N–H and O–H groups in total. The lowest BCUT2D eigenvalue weighted by atomic mass is 9.98. The molecule has 1 unspecified atom stereocenters. The number of pyridine rings is 1. The fraction of sp³-hybridized carbons (Fsp3) is 0.286. The van der Waals surface area contributed by atoms with Gasteiger partial charge in [0.15, 0.2) is 21.3 Å². The van der Waals surface area contributed by atoms with Crippen LogP contribution < -0.4 is 4.74 Å². The van der Waals surface area contributed by atoms with Crippen LogP contribution in [0.2, 0.25) is 0 Å². The van der Waals surface area contributed by atoms with Crippen LogP contribution in [0, 0.1) is 6.92 Å². The third kappa shape index (κ3) is 3.13. The topological polar surface area (TPSA) is 91.2 Å². The molecular formula is C21H19N3O4S. The molecule has 2 aliphatic heterocycles. The molecule has 8 heteroatoms. The Morgan fingerprint density at radius 1 is 1.28 bits per heavy atom. The fourth-order valence-electron chi connectivity index (χ4n) is 3.97. The minimum absolute atomic E-state index is 0.0458. The number of rotatable bonds is 2. The molecule has 148 valence electrons. The second-order valence-corrected chi connectivity index (χ2v) is 9.74. The molecule has 0 spiro atoms. The van der Waals surface area contributed by atoms with Crippen molar-refractivity contribution >= 4 is 32.7 Å². The number of ether oxygens (including phenoxy) is 1. The summed E-state index contributed by atoms with van der Waals surface area (Å²) in [5.41, 5.74) is 3.37. The zero-order chi connectivity index (χ0) is 20.2. The van der Waals surface area contributed by atoms with Crippen molar-refractivity contribution in [1.29, 1.82) is 0 Å². The molecule has 1 aromatic carbocycles. The number of benzene rings is 1. The van der Waals surface area contributed by atoms with Crippen molar-refractivity contribution in [2.75, 3.05) is 18.1 Å². The maximum Gasteiger partial charge on any atom is 0.196 e. The molecule has 2 aromatic heterocycles. The molecule has 29 heavy (non-hydrogen) atoms. The predicted octanol–water partition coefficient (Wildman–Crippen LogP) is 2.76. The molecule has 2 aliphatic rings. The number of para-hydroxylation sites is 1. The molecule has 0 amide bonds. The summed E-state index contributed by atoms with van der Waals surface area (Å²) in [5, 5.41) is 5.40. The van der Waals surface area contributed by atoms with Crippen LogP contribution in [-0.2, 0) is 9.84 Å². The zero-order valence-electron chi connectivity index (χ0n) is 15.8. The molecule has 0 aliphatic carbocycles. The molecule has 0 radical (unpaired) electrons. The first-order valence-corrected chi connectivity index (χ1v) is 11.3. The molecule has 4 heterocycles. The van der Waals surface area contributed by atoms with Crippen molar-refractivity contribution in [2.45, 2.75) is 19.4 Å². The van der Waals surface area contributed by atoms with E-state index in [0.717, 1.165) is 16.6 Å². The van der Waals surface area contributed by atoms with E-state index in [0.29, 0.717) is 29.0 Å². The summed E-state index contributed by atoms with van der Waals surface area (Å²) in [6, 6.07) is 8.96. The highest BCUT2D eigenvalue weighted by Crippen LogP contribution is 2.30. The minimum Gasteiger partial charge on any atom is -0.488 e. The Labute approximate surface area is 167 Å². The Hall–Kier alpha value is -3.00. The molecule has 3 aromatic rings. The largest absolute Gasteiger partial charge is 0.488 e. The number of aromatic nitrogens is 3. The summed E-state index contributed by atoms with van der Waals surface area (Å²) < 4.78 is 31.1.